The molecule has 1 aromatic heterocycles. The molecular formula is C36H45N3O3. The summed E-state index contributed by atoms with van der Waals surface area (Å²) in [4.78, 5) is 35.0. The first-order valence-electron chi connectivity index (χ1n) is 15.7. The SMILES string of the molecule is CCCCCCCCC(=O)N(CCc1ccccc1)C(CC)c1nc2ccccc2c(=O)n1-c1ccc(OCC)cc1. The molecule has 3 aromatic carbocycles. The number of benzene rings is 3. The van der Waals surface area contributed by atoms with E-state index in [1.807, 2.05) is 78.6 Å². The van der Waals surface area contributed by atoms with Crippen molar-refractivity contribution < 1.29 is 9.53 Å². The summed E-state index contributed by atoms with van der Waals surface area (Å²) < 4.78 is 7.35. The molecule has 0 aliphatic heterocycles. The van der Waals surface area contributed by atoms with Gasteiger partial charge in [0.15, 0.2) is 0 Å². The van der Waals surface area contributed by atoms with Gasteiger partial charge in [0, 0.05) is 13.0 Å². The molecule has 6 nitrogen and oxygen atoms in total. The highest BCUT2D eigenvalue weighted by atomic mass is 16.5. The maximum absolute atomic E-state index is 14.0. The third kappa shape index (κ3) is 7.87. The summed E-state index contributed by atoms with van der Waals surface area (Å²) in [5.41, 5.74) is 2.40. The highest BCUT2D eigenvalue weighted by Crippen LogP contribution is 2.28. The smallest absolute Gasteiger partial charge is 0.266 e. The maximum atomic E-state index is 14.0. The fourth-order valence-electron chi connectivity index (χ4n) is 5.57. The van der Waals surface area contributed by atoms with E-state index in [4.69, 9.17) is 9.72 Å². The van der Waals surface area contributed by atoms with Gasteiger partial charge in [-0.05, 0) is 68.1 Å². The molecular weight excluding hydrogens is 522 g/mol. The number of rotatable bonds is 16. The van der Waals surface area contributed by atoms with Crippen molar-refractivity contribution in [2.24, 2.45) is 0 Å². The second-order valence-corrected chi connectivity index (χ2v) is 10.8. The van der Waals surface area contributed by atoms with Crippen LogP contribution in [0.25, 0.3) is 16.6 Å². The van der Waals surface area contributed by atoms with E-state index in [2.05, 4.69) is 26.0 Å². The van der Waals surface area contributed by atoms with Crippen LogP contribution in [0.3, 0.4) is 0 Å². The zero-order valence-corrected chi connectivity index (χ0v) is 25.4. The Morgan fingerprint density at radius 2 is 1.55 bits per heavy atom. The van der Waals surface area contributed by atoms with Crippen LogP contribution in [0.2, 0.25) is 0 Å². The first kappa shape index (κ1) is 31.0. The Kier molecular flexibility index (Phi) is 11.7. The zero-order valence-electron chi connectivity index (χ0n) is 25.4. The Hall–Kier alpha value is -3.93. The normalized spacial score (nSPS) is 11.9. The summed E-state index contributed by atoms with van der Waals surface area (Å²) >= 11 is 0. The number of hydrogen-bond acceptors (Lipinski definition) is 4. The van der Waals surface area contributed by atoms with Gasteiger partial charge >= 0.3 is 0 Å². The highest BCUT2D eigenvalue weighted by Gasteiger charge is 2.28. The monoisotopic (exact) mass is 567 g/mol. The molecule has 0 aliphatic carbocycles. The Balaban J connectivity index is 1.74. The topological polar surface area (TPSA) is 64.4 Å². The zero-order chi connectivity index (χ0) is 29.7. The first-order valence-corrected chi connectivity index (χ1v) is 15.7. The Morgan fingerprint density at radius 1 is 0.857 bits per heavy atom. The molecule has 0 bridgehead atoms. The van der Waals surface area contributed by atoms with Crippen LogP contribution in [0.1, 0.15) is 89.6 Å². The van der Waals surface area contributed by atoms with Crippen molar-refractivity contribution >= 4 is 16.8 Å². The fraction of sp³-hybridized carbons (Fsp3) is 0.417. The van der Waals surface area contributed by atoms with Gasteiger partial charge in [-0.3, -0.25) is 14.2 Å². The van der Waals surface area contributed by atoms with Gasteiger partial charge in [0.2, 0.25) is 5.91 Å². The number of ether oxygens (including phenoxy) is 1. The van der Waals surface area contributed by atoms with Crippen molar-refractivity contribution in [3.8, 4) is 11.4 Å². The number of carbonyl (C=O) groups is 1. The predicted molar refractivity (Wildman–Crippen MR) is 171 cm³/mol. The predicted octanol–water partition coefficient (Wildman–Crippen LogP) is 8.06. The number of aromatic nitrogens is 2. The molecule has 6 heteroatoms. The second-order valence-electron chi connectivity index (χ2n) is 10.8. The van der Waals surface area contributed by atoms with Crippen molar-refractivity contribution in [3.63, 3.8) is 0 Å². The quantitative estimate of drug-likeness (QED) is 0.129. The summed E-state index contributed by atoms with van der Waals surface area (Å²) in [6.45, 7) is 7.36. The summed E-state index contributed by atoms with van der Waals surface area (Å²) in [6.07, 6.45) is 8.63. The van der Waals surface area contributed by atoms with Gasteiger partial charge < -0.3 is 9.64 Å². The molecule has 0 saturated carbocycles. The highest BCUT2D eigenvalue weighted by molar-refractivity contribution is 5.79. The molecule has 1 unspecified atom stereocenters. The van der Waals surface area contributed by atoms with Crippen LogP contribution in [-0.2, 0) is 11.2 Å². The molecule has 1 heterocycles. The number of carbonyl (C=O) groups excluding carboxylic acids is 1. The average Bonchev–Trinajstić information content (AvgIpc) is 3.02. The number of amides is 1. The molecule has 4 rings (SSSR count). The molecule has 1 amide bonds. The fourth-order valence-corrected chi connectivity index (χ4v) is 5.57. The van der Waals surface area contributed by atoms with E-state index < -0.39 is 0 Å². The van der Waals surface area contributed by atoms with Gasteiger partial charge in [0.25, 0.3) is 5.56 Å². The van der Waals surface area contributed by atoms with Crippen LogP contribution in [0.4, 0.5) is 0 Å². The third-order valence-electron chi connectivity index (χ3n) is 7.82. The van der Waals surface area contributed by atoms with Crippen LogP contribution in [-0.4, -0.2) is 33.5 Å². The number of fused-ring (bicyclic) bond motifs is 1. The maximum Gasteiger partial charge on any atom is 0.266 e. The van der Waals surface area contributed by atoms with Gasteiger partial charge in [-0.1, -0.05) is 88.4 Å². The lowest BCUT2D eigenvalue weighted by Crippen LogP contribution is -2.39. The van der Waals surface area contributed by atoms with Gasteiger partial charge in [-0.2, -0.15) is 0 Å². The first-order chi connectivity index (χ1) is 20.6. The molecule has 4 aromatic rings. The lowest BCUT2D eigenvalue weighted by atomic mass is 10.1. The standard InChI is InChI=1S/C36H45N3O3/c1-4-7-8-9-10-14-21-34(40)38(27-26-28-17-12-11-13-18-28)33(5-2)35-37-32-20-16-15-19-31(32)36(41)39(35)29-22-24-30(25-23-29)42-6-3/h11-13,15-20,22-25,33H,4-10,14,21,26-27H2,1-3H3. The summed E-state index contributed by atoms with van der Waals surface area (Å²) in [5.74, 6) is 1.46. The minimum atomic E-state index is -0.356. The minimum absolute atomic E-state index is 0.119. The summed E-state index contributed by atoms with van der Waals surface area (Å²) in [7, 11) is 0. The second kappa shape index (κ2) is 15.9. The molecule has 0 aliphatic rings. The lowest BCUT2D eigenvalue weighted by molar-refractivity contribution is -0.134. The molecule has 0 saturated heterocycles. The molecule has 0 fully saturated rings. The molecule has 0 N–H and O–H groups in total. The van der Waals surface area contributed by atoms with Crippen LogP contribution in [0.5, 0.6) is 5.75 Å². The average molecular weight is 568 g/mol. The van der Waals surface area contributed by atoms with E-state index in [0.717, 1.165) is 31.4 Å². The number of para-hydroxylation sites is 1. The van der Waals surface area contributed by atoms with E-state index in [0.29, 0.717) is 48.4 Å². The van der Waals surface area contributed by atoms with Gasteiger partial charge in [0.1, 0.15) is 11.6 Å². The van der Waals surface area contributed by atoms with E-state index in [1.165, 1.54) is 24.8 Å². The lowest BCUT2D eigenvalue weighted by Gasteiger charge is -2.33. The van der Waals surface area contributed by atoms with Crippen LogP contribution in [0.15, 0.2) is 83.7 Å². The Morgan fingerprint density at radius 3 is 2.26 bits per heavy atom. The van der Waals surface area contributed by atoms with E-state index in [9.17, 15) is 9.59 Å². The molecule has 42 heavy (non-hydrogen) atoms. The van der Waals surface area contributed by atoms with Crippen molar-refractivity contribution in [2.45, 2.75) is 84.6 Å². The van der Waals surface area contributed by atoms with Crippen molar-refractivity contribution in [1.82, 2.24) is 14.5 Å². The van der Waals surface area contributed by atoms with E-state index >= 15 is 0 Å². The van der Waals surface area contributed by atoms with Gasteiger partial charge in [-0.25, -0.2) is 4.98 Å². The molecule has 1 atom stereocenters. The van der Waals surface area contributed by atoms with E-state index in [-0.39, 0.29) is 17.5 Å². The largest absolute Gasteiger partial charge is 0.494 e. The summed E-state index contributed by atoms with van der Waals surface area (Å²) in [5, 5.41) is 0.555. The number of nitrogens with zero attached hydrogens (tertiary/aromatic N) is 3. The van der Waals surface area contributed by atoms with Crippen LogP contribution < -0.4 is 10.3 Å². The summed E-state index contributed by atoms with van der Waals surface area (Å²) in [6, 6.07) is 24.9. The molecule has 0 radical (unpaired) electrons. The molecule has 222 valence electrons. The number of hydrogen-bond donors (Lipinski definition) is 0. The molecule has 0 spiro atoms. The van der Waals surface area contributed by atoms with Crippen molar-refractivity contribution in [2.75, 3.05) is 13.2 Å². The minimum Gasteiger partial charge on any atom is -0.494 e. The third-order valence-corrected chi connectivity index (χ3v) is 7.82. The van der Waals surface area contributed by atoms with Gasteiger partial charge in [-0.15, -0.1) is 0 Å². The Labute approximate surface area is 250 Å². The van der Waals surface area contributed by atoms with Crippen LogP contribution in [0, 0.1) is 0 Å². The van der Waals surface area contributed by atoms with Gasteiger partial charge in [0.05, 0.1) is 29.2 Å². The van der Waals surface area contributed by atoms with Crippen LogP contribution >= 0.6 is 0 Å². The van der Waals surface area contributed by atoms with Crippen molar-refractivity contribution in [3.05, 3.63) is 101 Å². The Bertz CT molecular complexity index is 1460. The van der Waals surface area contributed by atoms with E-state index in [1.54, 1.807) is 4.57 Å². The number of unbranched alkanes of at least 4 members (excludes halogenated alkanes) is 5. The van der Waals surface area contributed by atoms with Crippen molar-refractivity contribution in [1.29, 1.82) is 0 Å².